The van der Waals surface area contributed by atoms with E-state index in [1.165, 1.54) is 96.4 Å². The molecular weight excluding hydrogens is 751 g/mol. The highest BCUT2D eigenvalue weighted by molar-refractivity contribution is 7.00. The molecule has 0 saturated heterocycles. The third-order valence-corrected chi connectivity index (χ3v) is 14.7. The topological polar surface area (TPSA) is 19.6 Å². The summed E-state index contributed by atoms with van der Waals surface area (Å²) < 4.78 is 6.33. The summed E-state index contributed by atoms with van der Waals surface area (Å²) in [6.07, 6.45) is 2.34. The molecular formula is C58H57BN2O. The summed E-state index contributed by atoms with van der Waals surface area (Å²) in [7, 11) is 0. The van der Waals surface area contributed by atoms with E-state index in [-0.39, 0.29) is 28.4 Å². The van der Waals surface area contributed by atoms with Crippen LogP contribution < -0.4 is 26.2 Å². The zero-order valence-corrected chi connectivity index (χ0v) is 38.1. The highest BCUT2D eigenvalue weighted by Gasteiger charge is 2.46. The second-order valence-corrected chi connectivity index (χ2v) is 21.7. The van der Waals surface area contributed by atoms with Gasteiger partial charge in [-0.1, -0.05) is 148 Å². The second-order valence-electron chi connectivity index (χ2n) is 21.7. The number of hydrogen-bond acceptors (Lipinski definition) is 3. The smallest absolute Gasteiger partial charge is 0.252 e. The molecule has 0 radical (unpaired) electrons. The van der Waals surface area contributed by atoms with Gasteiger partial charge in [-0.2, -0.15) is 0 Å². The molecule has 2 aliphatic heterocycles. The second kappa shape index (κ2) is 13.3. The van der Waals surface area contributed by atoms with Gasteiger partial charge in [0, 0.05) is 44.9 Å². The van der Waals surface area contributed by atoms with Gasteiger partial charge < -0.3 is 14.2 Å². The molecule has 8 aromatic rings. The molecule has 62 heavy (non-hydrogen) atoms. The third-order valence-electron chi connectivity index (χ3n) is 14.7. The largest absolute Gasteiger partial charge is 0.456 e. The Morgan fingerprint density at radius 1 is 0.500 bits per heavy atom. The van der Waals surface area contributed by atoms with E-state index in [1.807, 2.05) is 6.07 Å². The van der Waals surface area contributed by atoms with Crippen LogP contribution in [-0.4, -0.2) is 6.71 Å². The Balaban J connectivity index is 1.17. The fourth-order valence-corrected chi connectivity index (χ4v) is 10.9. The minimum absolute atomic E-state index is 0.00572. The molecule has 308 valence electrons. The van der Waals surface area contributed by atoms with Crippen LogP contribution >= 0.6 is 0 Å². The van der Waals surface area contributed by atoms with Gasteiger partial charge in [-0.15, -0.1) is 0 Å². The molecule has 1 aliphatic carbocycles. The van der Waals surface area contributed by atoms with Gasteiger partial charge in [0.1, 0.15) is 11.2 Å². The molecule has 3 aliphatic rings. The molecule has 3 heterocycles. The quantitative estimate of drug-likeness (QED) is 0.166. The molecule has 0 N–H and O–H groups in total. The Morgan fingerprint density at radius 2 is 1.05 bits per heavy atom. The maximum atomic E-state index is 6.33. The zero-order valence-electron chi connectivity index (χ0n) is 38.1. The molecule has 0 spiro atoms. The summed E-state index contributed by atoms with van der Waals surface area (Å²) in [5, 5.41) is 2.32. The first-order valence-corrected chi connectivity index (χ1v) is 22.7. The molecule has 0 unspecified atom stereocenters. The highest BCUT2D eigenvalue weighted by Crippen LogP contribution is 2.51. The number of furan rings is 1. The third kappa shape index (κ3) is 5.85. The Hall–Kier alpha value is -6.00. The predicted octanol–water partition coefficient (Wildman–Crippen LogP) is 14.3. The van der Waals surface area contributed by atoms with Gasteiger partial charge in [0.15, 0.2) is 0 Å². The summed E-state index contributed by atoms with van der Waals surface area (Å²) in [6, 6.07) is 53.0. The highest BCUT2D eigenvalue weighted by atomic mass is 16.3. The number of hydrogen-bond donors (Lipinski definition) is 0. The van der Waals surface area contributed by atoms with Gasteiger partial charge in [-0.3, -0.25) is 0 Å². The normalized spacial score (nSPS) is 16.3. The van der Waals surface area contributed by atoms with Gasteiger partial charge in [0.2, 0.25) is 0 Å². The zero-order chi connectivity index (χ0) is 43.1. The average molecular weight is 809 g/mol. The van der Waals surface area contributed by atoms with Crippen LogP contribution in [0.4, 0.5) is 34.1 Å². The van der Waals surface area contributed by atoms with Crippen molar-refractivity contribution in [3.05, 3.63) is 162 Å². The van der Waals surface area contributed by atoms with Crippen molar-refractivity contribution in [2.45, 2.75) is 104 Å². The van der Waals surface area contributed by atoms with Crippen molar-refractivity contribution in [1.29, 1.82) is 0 Å². The van der Waals surface area contributed by atoms with E-state index in [0.717, 1.165) is 22.2 Å². The van der Waals surface area contributed by atoms with Gasteiger partial charge >= 0.3 is 0 Å². The van der Waals surface area contributed by atoms with Crippen LogP contribution in [0.15, 0.2) is 144 Å². The monoisotopic (exact) mass is 808 g/mol. The van der Waals surface area contributed by atoms with Crippen LogP contribution in [0.3, 0.4) is 0 Å². The molecule has 7 aromatic carbocycles. The Bertz CT molecular complexity index is 3100. The van der Waals surface area contributed by atoms with Crippen molar-refractivity contribution >= 4 is 79.2 Å². The molecule has 0 saturated carbocycles. The van der Waals surface area contributed by atoms with E-state index in [2.05, 4.69) is 212 Å². The average Bonchev–Trinajstić information content (AvgIpc) is 3.63. The lowest BCUT2D eigenvalue weighted by Crippen LogP contribution is -2.62. The van der Waals surface area contributed by atoms with Crippen LogP contribution in [0.1, 0.15) is 104 Å². The standard InChI is InChI=1S/C58H57BN2O/c1-55(2,3)37-23-28-40(29-24-37)60-47-30-25-38(56(4,5)6)33-45(47)59-46-34-43-44(58(9,10)32-31-57(43,7)8)35-50(46)61(49-18-14-17-48(60)54(49)59)39-26-21-36(22-27-39)41-16-13-20-52-53(41)42-15-11-12-19-51(42)62-52/h11-30,33-35H,31-32H2,1-10H3. The number of benzene rings is 7. The molecule has 0 fully saturated rings. The number of para-hydroxylation sites is 1. The summed E-state index contributed by atoms with van der Waals surface area (Å²) >= 11 is 0. The minimum Gasteiger partial charge on any atom is -0.456 e. The van der Waals surface area contributed by atoms with Crippen LogP contribution in [0, 0.1) is 0 Å². The SMILES string of the molecule is CC(C)(C)c1ccc(N2c3ccc(C(C)(C)C)cc3B3c4cc5c(cc4N(c4ccc(-c6cccc7oc8ccccc8c67)cc4)c4cccc2c43)C(C)(C)CCC5(C)C)cc1. The molecule has 0 atom stereocenters. The minimum atomic E-state index is -0.00572. The maximum Gasteiger partial charge on any atom is 0.252 e. The Labute approximate surface area is 368 Å². The van der Waals surface area contributed by atoms with Crippen molar-refractivity contribution in [1.82, 2.24) is 0 Å². The molecule has 1 aromatic heterocycles. The first kappa shape index (κ1) is 38.9. The predicted molar refractivity (Wildman–Crippen MR) is 266 cm³/mol. The number of nitrogens with zero attached hydrogens (tertiary/aromatic N) is 2. The van der Waals surface area contributed by atoms with Crippen molar-refractivity contribution in [2.24, 2.45) is 0 Å². The summed E-state index contributed by atoms with van der Waals surface area (Å²) in [5.74, 6) is 0. The molecule has 11 rings (SSSR count). The molecule has 0 amide bonds. The fourth-order valence-electron chi connectivity index (χ4n) is 10.9. The first-order chi connectivity index (χ1) is 29.5. The van der Waals surface area contributed by atoms with Gasteiger partial charge in [0.25, 0.3) is 6.71 Å². The lowest BCUT2D eigenvalue weighted by atomic mass is 9.33. The van der Waals surface area contributed by atoms with E-state index < -0.39 is 0 Å². The van der Waals surface area contributed by atoms with Crippen molar-refractivity contribution in [3.8, 4) is 11.1 Å². The first-order valence-electron chi connectivity index (χ1n) is 22.7. The lowest BCUT2D eigenvalue weighted by molar-refractivity contribution is 0.332. The van der Waals surface area contributed by atoms with Gasteiger partial charge in [0.05, 0.1) is 0 Å². The number of rotatable bonds is 3. The van der Waals surface area contributed by atoms with Crippen LogP contribution in [0.25, 0.3) is 33.1 Å². The van der Waals surface area contributed by atoms with Crippen LogP contribution in [0.2, 0.25) is 0 Å². The number of anilines is 6. The summed E-state index contributed by atoms with van der Waals surface area (Å²) in [5.41, 5.74) is 21.6. The maximum absolute atomic E-state index is 6.33. The molecule has 3 nitrogen and oxygen atoms in total. The Morgan fingerprint density at radius 3 is 1.71 bits per heavy atom. The number of fused-ring (bicyclic) bond motifs is 8. The van der Waals surface area contributed by atoms with E-state index in [0.29, 0.717) is 0 Å². The van der Waals surface area contributed by atoms with E-state index >= 15 is 0 Å². The van der Waals surface area contributed by atoms with E-state index in [4.69, 9.17) is 4.42 Å². The van der Waals surface area contributed by atoms with Crippen molar-refractivity contribution in [2.75, 3.05) is 9.80 Å². The van der Waals surface area contributed by atoms with Gasteiger partial charge in [-0.25, -0.2) is 0 Å². The molecule has 0 bridgehead atoms. The summed E-state index contributed by atoms with van der Waals surface area (Å²) in [6.45, 7) is 23.8. The van der Waals surface area contributed by atoms with E-state index in [9.17, 15) is 0 Å². The van der Waals surface area contributed by atoms with Crippen LogP contribution in [0.5, 0.6) is 0 Å². The summed E-state index contributed by atoms with van der Waals surface area (Å²) in [4.78, 5) is 5.12. The van der Waals surface area contributed by atoms with Crippen molar-refractivity contribution < 1.29 is 4.42 Å². The molecule has 4 heteroatoms. The van der Waals surface area contributed by atoms with Gasteiger partial charge in [-0.05, 0) is 145 Å². The van der Waals surface area contributed by atoms with Crippen molar-refractivity contribution in [3.63, 3.8) is 0 Å². The lowest BCUT2D eigenvalue weighted by Gasteiger charge is -2.47. The fraction of sp³-hybridized carbons (Fsp3) is 0.276. The van der Waals surface area contributed by atoms with E-state index in [1.54, 1.807) is 0 Å². The van der Waals surface area contributed by atoms with Crippen LogP contribution in [-0.2, 0) is 21.7 Å². The Kier molecular flexibility index (Phi) is 8.32.